The number of rotatable bonds is 2. The molecule has 0 heterocycles. The number of aryl methyl sites for hydroxylation is 1. The molecule has 0 unspecified atom stereocenters. The largest absolute Gasteiger partial charge is 0.411 e. The first-order valence-electron chi connectivity index (χ1n) is 4.06. The van der Waals surface area contributed by atoms with Crippen LogP contribution in [0.3, 0.4) is 0 Å². The normalized spacial score (nSPS) is 11.7. The van der Waals surface area contributed by atoms with Crippen LogP contribution in [0.4, 0.5) is 0 Å². The maximum absolute atomic E-state index is 8.54. The summed E-state index contributed by atoms with van der Waals surface area (Å²) in [6.45, 7) is 3.89. The van der Waals surface area contributed by atoms with Crippen molar-refractivity contribution in [3.05, 3.63) is 35.4 Å². The lowest BCUT2D eigenvalue weighted by molar-refractivity contribution is 0.319. The van der Waals surface area contributed by atoms with E-state index in [-0.39, 0.29) is 0 Å². The van der Waals surface area contributed by atoms with Gasteiger partial charge < -0.3 is 5.21 Å². The maximum Gasteiger partial charge on any atom is 0.0837 e. The van der Waals surface area contributed by atoms with Gasteiger partial charge in [0.2, 0.25) is 0 Å². The fourth-order valence-electron chi connectivity index (χ4n) is 1.07. The fraction of sp³-hybridized carbons (Fsp3) is 0.300. The molecular formula is C10H13NO. The molecule has 0 bridgehead atoms. The third-order valence-electron chi connectivity index (χ3n) is 1.90. The van der Waals surface area contributed by atoms with Gasteiger partial charge in [0.15, 0.2) is 0 Å². The van der Waals surface area contributed by atoms with Crippen LogP contribution in [0, 0.1) is 0 Å². The Kier molecular flexibility index (Phi) is 2.86. The van der Waals surface area contributed by atoms with Gasteiger partial charge in [0, 0.05) is 0 Å². The molecular weight excluding hydrogens is 150 g/mol. The Morgan fingerprint density at radius 2 is 2.25 bits per heavy atom. The zero-order chi connectivity index (χ0) is 8.97. The molecule has 0 spiro atoms. The van der Waals surface area contributed by atoms with Crippen LogP contribution in [0.1, 0.15) is 25.0 Å². The molecule has 0 saturated heterocycles. The molecule has 2 heteroatoms. The quantitative estimate of drug-likeness (QED) is 0.405. The van der Waals surface area contributed by atoms with Gasteiger partial charge in [-0.05, 0) is 30.5 Å². The number of nitrogens with zero attached hydrogens (tertiary/aromatic N) is 1. The highest BCUT2D eigenvalue weighted by molar-refractivity contribution is 5.98. The summed E-state index contributed by atoms with van der Waals surface area (Å²) >= 11 is 0. The lowest BCUT2D eigenvalue weighted by Crippen LogP contribution is -1.94. The summed E-state index contributed by atoms with van der Waals surface area (Å²) in [5.41, 5.74) is 2.90. The number of hydrogen-bond donors (Lipinski definition) is 1. The van der Waals surface area contributed by atoms with Gasteiger partial charge in [0.25, 0.3) is 0 Å². The van der Waals surface area contributed by atoms with Gasteiger partial charge in [-0.3, -0.25) is 0 Å². The molecule has 0 fully saturated rings. The van der Waals surface area contributed by atoms with Crippen molar-refractivity contribution >= 4 is 5.71 Å². The second-order valence-electron chi connectivity index (χ2n) is 2.74. The van der Waals surface area contributed by atoms with Crippen LogP contribution in [-0.4, -0.2) is 10.9 Å². The van der Waals surface area contributed by atoms with Gasteiger partial charge in [-0.25, -0.2) is 0 Å². The van der Waals surface area contributed by atoms with Crippen LogP contribution >= 0.6 is 0 Å². The van der Waals surface area contributed by atoms with E-state index in [9.17, 15) is 0 Å². The van der Waals surface area contributed by atoms with E-state index < -0.39 is 0 Å². The Labute approximate surface area is 72.5 Å². The smallest absolute Gasteiger partial charge is 0.0837 e. The lowest BCUT2D eigenvalue weighted by Gasteiger charge is -2.00. The zero-order valence-electron chi connectivity index (χ0n) is 7.41. The molecule has 0 saturated carbocycles. The summed E-state index contributed by atoms with van der Waals surface area (Å²) in [5.74, 6) is 0. The first kappa shape index (κ1) is 8.78. The van der Waals surface area contributed by atoms with E-state index in [0.29, 0.717) is 5.71 Å². The highest BCUT2D eigenvalue weighted by atomic mass is 16.4. The number of benzene rings is 1. The van der Waals surface area contributed by atoms with Crippen molar-refractivity contribution in [2.24, 2.45) is 5.16 Å². The second-order valence-corrected chi connectivity index (χ2v) is 2.74. The van der Waals surface area contributed by atoms with Crippen molar-refractivity contribution in [2.75, 3.05) is 0 Å². The molecule has 1 rings (SSSR count). The van der Waals surface area contributed by atoms with Crippen LogP contribution in [0.2, 0.25) is 0 Å². The minimum absolute atomic E-state index is 0.658. The molecule has 1 N–H and O–H groups in total. The van der Waals surface area contributed by atoms with Gasteiger partial charge >= 0.3 is 0 Å². The van der Waals surface area contributed by atoms with E-state index in [0.717, 1.165) is 12.0 Å². The standard InChI is InChI=1S/C10H13NO/c1-3-9-5-4-6-10(7-9)8(2)11-12/h4-7,12H,3H2,1-2H3/b11-8+. The molecule has 0 atom stereocenters. The molecule has 12 heavy (non-hydrogen) atoms. The summed E-state index contributed by atoms with van der Waals surface area (Å²) in [4.78, 5) is 0. The molecule has 1 aromatic rings. The Morgan fingerprint density at radius 1 is 1.50 bits per heavy atom. The van der Waals surface area contributed by atoms with E-state index >= 15 is 0 Å². The van der Waals surface area contributed by atoms with Crippen molar-refractivity contribution in [3.8, 4) is 0 Å². The summed E-state index contributed by atoms with van der Waals surface area (Å²) in [6.07, 6.45) is 1.01. The van der Waals surface area contributed by atoms with E-state index in [1.807, 2.05) is 18.2 Å². The van der Waals surface area contributed by atoms with Crippen LogP contribution in [0.5, 0.6) is 0 Å². The minimum atomic E-state index is 0.658. The van der Waals surface area contributed by atoms with Gasteiger partial charge in [-0.2, -0.15) is 0 Å². The predicted molar refractivity (Wildman–Crippen MR) is 49.8 cm³/mol. The van der Waals surface area contributed by atoms with Crippen LogP contribution in [-0.2, 0) is 6.42 Å². The van der Waals surface area contributed by atoms with E-state index in [2.05, 4.69) is 18.1 Å². The van der Waals surface area contributed by atoms with E-state index in [1.165, 1.54) is 5.56 Å². The number of hydrogen-bond acceptors (Lipinski definition) is 2. The Balaban J connectivity index is 3.02. The van der Waals surface area contributed by atoms with Crippen molar-refractivity contribution in [2.45, 2.75) is 20.3 Å². The van der Waals surface area contributed by atoms with Crippen molar-refractivity contribution < 1.29 is 5.21 Å². The molecule has 64 valence electrons. The van der Waals surface area contributed by atoms with Crippen LogP contribution in [0.15, 0.2) is 29.4 Å². The van der Waals surface area contributed by atoms with Gasteiger partial charge in [0.1, 0.15) is 0 Å². The highest BCUT2D eigenvalue weighted by Gasteiger charge is 1.97. The summed E-state index contributed by atoms with van der Waals surface area (Å²) < 4.78 is 0. The minimum Gasteiger partial charge on any atom is -0.411 e. The second kappa shape index (κ2) is 3.90. The molecule has 0 aliphatic carbocycles. The first-order chi connectivity index (χ1) is 5.77. The molecule has 0 aliphatic heterocycles. The summed E-state index contributed by atoms with van der Waals surface area (Å²) in [5, 5.41) is 11.7. The topological polar surface area (TPSA) is 32.6 Å². The molecule has 0 amide bonds. The van der Waals surface area contributed by atoms with Crippen molar-refractivity contribution in [3.63, 3.8) is 0 Å². The summed E-state index contributed by atoms with van der Waals surface area (Å²) in [6, 6.07) is 8.01. The van der Waals surface area contributed by atoms with Gasteiger partial charge in [0.05, 0.1) is 5.71 Å². The zero-order valence-corrected chi connectivity index (χ0v) is 7.41. The maximum atomic E-state index is 8.54. The molecule has 0 aromatic heterocycles. The van der Waals surface area contributed by atoms with Crippen molar-refractivity contribution in [1.29, 1.82) is 0 Å². The fourth-order valence-corrected chi connectivity index (χ4v) is 1.07. The summed E-state index contributed by atoms with van der Waals surface area (Å²) in [7, 11) is 0. The SMILES string of the molecule is CCc1cccc(/C(C)=N/O)c1. The average Bonchev–Trinajstić information content (AvgIpc) is 2.17. The molecule has 0 radical (unpaired) electrons. The van der Waals surface area contributed by atoms with Gasteiger partial charge in [-0.15, -0.1) is 0 Å². The van der Waals surface area contributed by atoms with E-state index in [4.69, 9.17) is 5.21 Å². The Bertz CT molecular complexity index is 292. The molecule has 1 aromatic carbocycles. The van der Waals surface area contributed by atoms with E-state index in [1.54, 1.807) is 6.92 Å². The van der Waals surface area contributed by atoms with Crippen molar-refractivity contribution in [1.82, 2.24) is 0 Å². The molecule has 0 aliphatic rings. The molecule has 2 nitrogen and oxygen atoms in total. The number of oxime groups is 1. The van der Waals surface area contributed by atoms with Gasteiger partial charge in [-0.1, -0.05) is 30.3 Å². The van der Waals surface area contributed by atoms with Crippen LogP contribution < -0.4 is 0 Å². The Hall–Kier alpha value is -1.31. The highest BCUT2D eigenvalue weighted by Crippen LogP contribution is 2.06. The third kappa shape index (κ3) is 1.84. The Morgan fingerprint density at radius 3 is 2.83 bits per heavy atom. The van der Waals surface area contributed by atoms with Crippen LogP contribution in [0.25, 0.3) is 0 Å². The average molecular weight is 163 g/mol. The predicted octanol–water partition coefficient (Wildman–Crippen LogP) is 2.45. The third-order valence-corrected chi connectivity index (χ3v) is 1.90. The first-order valence-corrected chi connectivity index (χ1v) is 4.06. The monoisotopic (exact) mass is 163 g/mol. The lowest BCUT2D eigenvalue weighted by atomic mass is 10.1.